The summed E-state index contributed by atoms with van der Waals surface area (Å²) in [4.78, 5) is 13.6. The Hall–Kier alpha value is -1.55. The summed E-state index contributed by atoms with van der Waals surface area (Å²) in [5.74, 6) is 0.938. The molecule has 0 fully saturated rings. The summed E-state index contributed by atoms with van der Waals surface area (Å²) in [6.07, 6.45) is 3.08. The topological polar surface area (TPSA) is 49.8 Å². The van der Waals surface area contributed by atoms with E-state index in [4.69, 9.17) is 9.84 Å². The van der Waals surface area contributed by atoms with Gasteiger partial charge in [-0.1, -0.05) is 18.2 Å². The monoisotopic (exact) mass is 279 g/mol. The first-order valence-corrected chi connectivity index (χ1v) is 7.18. The molecule has 1 aromatic rings. The Kier molecular flexibility index (Phi) is 7.73. The maximum Gasteiger partial charge on any atom is 0.225 e. The average Bonchev–Trinajstić information content (AvgIpc) is 2.45. The number of unbranched alkanes of at least 4 members (excludes halogenated alkanes) is 2. The molecule has 0 bridgehead atoms. The highest BCUT2D eigenvalue weighted by molar-refractivity contribution is 5.75. The van der Waals surface area contributed by atoms with Crippen molar-refractivity contribution in [2.45, 2.75) is 32.6 Å². The first kappa shape index (κ1) is 16.5. The highest BCUT2D eigenvalue weighted by Gasteiger charge is 2.08. The van der Waals surface area contributed by atoms with Crippen LogP contribution in [-0.4, -0.2) is 42.7 Å². The number of amides is 1. The Morgan fingerprint density at radius 1 is 1.25 bits per heavy atom. The molecule has 0 aliphatic rings. The molecule has 0 aliphatic carbocycles. The zero-order chi connectivity index (χ0) is 14.8. The van der Waals surface area contributed by atoms with Gasteiger partial charge < -0.3 is 14.7 Å². The second-order valence-corrected chi connectivity index (χ2v) is 4.96. The minimum atomic E-state index is 0.0996. The van der Waals surface area contributed by atoms with Gasteiger partial charge >= 0.3 is 0 Å². The van der Waals surface area contributed by atoms with Gasteiger partial charge in [0.1, 0.15) is 5.75 Å². The lowest BCUT2D eigenvalue weighted by molar-refractivity contribution is -0.130. The summed E-state index contributed by atoms with van der Waals surface area (Å²) in [7, 11) is 1.81. The fourth-order valence-corrected chi connectivity index (χ4v) is 1.92. The van der Waals surface area contributed by atoms with Crippen molar-refractivity contribution in [1.29, 1.82) is 0 Å². The van der Waals surface area contributed by atoms with Crippen LogP contribution in [0.25, 0.3) is 0 Å². The number of para-hydroxylation sites is 1. The van der Waals surface area contributed by atoms with Crippen molar-refractivity contribution in [1.82, 2.24) is 4.90 Å². The fraction of sp³-hybridized carbons (Fsp3) is 0.562. The summed E-state index contributed by atoms with van der Waals surface area (Å²) in [6, 6.07) is 7.80. The van der Waals surface area contributed by atoms with Gasteiger partial charge in [0.25, 0.3) is 0 Å². The Morgan fingerprint density at radius 3 is 2.70 bits per heavy atom. The van der Waals surface area contributed by atoms with Gasteiger partial charge in [-0.25, -0.2) is 0 Å². The first-order chi connectivity index (χ1) is 9.65. The minimum Gasteiger partial charge on any atom is -0.493 e. The van der Waals surface area contributed by atoms with Crippen LogP contribution in [0.15, 0.2) is 24.3 Å². The molecule has 4 nitrogen and oxygen atoms in total. The van der Waals surface area contributed by atoms with Crippen LogP contribution in [0.1, 0.15) is 31.2 Å². The third-order valence-electron chi connectivity index (χ3n) is 3.24. The smallest absolute Gasteiger partial charge is 0.225 e. The molecule has 112 valence electrons. The van der Waals surface area contributed by atoms with Gasteiger partial charge in [0.2, 0.25) is 5.91 Å². The first-order valence-electron chi connectivity index (χ1n) is 7.18. The van der Waals surface area contributed by atoms with Crippen molar-refractivity contribution < 1.29 is 14.6 Å². The summed E-state index contributed by atoms with van der Waals surface area (Å²) in [5, 5.41) is 8.69. The highest BCUT2D eigenvalue weighted by atomic mass is 16.5. The van der Waals surface area contributed by atoms with E-state index in [0.29, 0.717) is 13.0 Å². The Morgan fingerprint density at radius 2 is 2.00 bits per heavy atom. The SMILES string of the molecule is Cc1ccccc1OCCC(=O)N(C)CCCCCO. The molecule has 0 spiro atoms. The van der Waals surface area contributed by atoms with Crippen LogP contribution in [-0.2, 0) is 4.79 Å². The largest absolute Gasteiger partial charge is 0.493 e. The molecular formula is C16H25NO3. The number of hydrogen-bond acceptors (Lipinski definition) is 3. The minimum absolute atomic E-state index is 0.0996. The number of ether oxygens (including phenoxy) is 1. The summed E-state index contributed by atoms with van der Waals surface area (Å²) in [5.41, 5.74) is 1.08. The molecule has 0 unspecified atom stereocenters. The lowest BCUT2D eigenvalue weighted by Crippen LogP contribution is -2.29. The molecule has 0 radical (unpaired) electrons. The van der Waals surface area contributed by atoms with E-state index in [0.717, 1.165) is 37.1 Å². The standard InChI is InChI=1S/C16H25NO3/c1-14-8-4-5-9-15(14)20-13-10-16(19)17(2)11-6-3-7-12-18/h4-5,8-9,18H,3,6-7,10-13H2,1-2H3. The van der Waals surface area contributed by atoms with Gasteiger partial charge in [-0.05, 0) is 37.8 Å². The van der Waals surface area contributed by atoms with Crippen LogP contribution in [0.4, 0.5) is 0 Å². The van der Waals surface area contributed by atoms with Crippen LogP contribution in [0.3, 0.4) is 0 Å². The Balaban J connectivity index is 2.21. The molecule has 0 aliphatic heterocycles. The number of benzene rings is 1. The van der Waals surface area contributed by atoms with Crippen molar-refractivity contribution in [3.05, 3.63) is 29.8 Å². The molecule has 1 N–H and O–H groups in total. The zero-order valence-electron chi connectivity index (χ0n) is 12.5. The summed E-state index contributed by atoms with van der Waals surface area (Å²) < 4.78 is 5.62. The molecule has 0 heterocycles. The lowest BCUT2D eigenvalue weighted by atomic mass is 10.2. The van der Waals surface area contributed by atoms with E-state index in [-0.39, 0.29) is 12.5 Å². The maximum absolute atomic E-state index is 11.9. The number of carbonyl (C=O) groups is 1. The van der Waals surface area contributed by atoms with E-state index in [2.05, 4.69) is 0 Å². The normalized spacial score (nSPS) is 10.3. The highest BCUT2D eigenvalue weighted by Crippen LogP contribution is 2.16. The molecule has 4 heteroatoms. The van der Waals surface area contributed by atoms with Gasteiger partial charge in [0.05, 0.1) is 13.0 Å². The summed E-state index contributed by atoms with van der Waals surface area (Å²) >= 11 is 0. The fourth-order valence-electron chi connectivity index (χ4n) is 1.92. The predicted molar refractivity (Wildman–Crippen MR) is 79.9 cm³/mol. The number of aliphatic hydroxyl groups excluding tert-OH is 1. The van der Waals surface area contributed by atoms with Crippen molar-refractivity contribution in [2.75, 3.05) is 26.8 Å². The third-order valence-corrected chi connectivity index (χ3v) is 3.24. The molecule has 1 aromatic carbocycles. The molecule has 0 atom stereocenters. The number of aryl methyl sites for hydroxylation is 1. The Bertz CT molecular complexity index is 406. The molecule has 1 rings (SSSR count). The number of nitrogens with zero attached hydrogens (tertiary/aromatic N) is 1. The van der Waals surface area contributed by atoms with E-state index < -0.39 is 0 Å². The van der Waals surface area contributed by atoms with E-state index in [1.54, 1.807) is 4.90 Å². The third kappa shape index (κ3) is 6.06. The van der Waals surface area contributed by atoms with Crippen molar-refractivity contribution in [3.8, 4) is 5.75 Å². The number of hydrogen-bond donors (Lipinski definition) is 1. The van der Waals surface area contributed by atoms with Gasteiger partial charge in [0, 0.05) is 20.2 Å². The van der Waals surface area contributed by atoms with E-state index >= 15 is 0 Å². The molecule has 0 aromatic heterocycles. The van der Waals surface area contributed by atoms with Gasteiger partial charge in [0.15, 0.2) is 0 Å². The van der Waals surface area contributed by atoms with E-state index in [1.165, 1.54) is 0 Å². The molecular weight excluding hydrogens is 254 g/mol. The zero-order valence-corrected chi connectivity index (χ0v) is 12.5. The molecule has 0 saturated heterocycles. The second kappa shape index (κ2) is 9.37. The van der Waals surface area contributed by atoms with Crippen LogP contribution < -0.4 is 4.74 Å². The summed E-state index contributed by atoms with van der Waals surface area (Å²) in [6.45, 7) is 3.36. The molecule has 1 amide bonds. The van der Waals surface area contributed by atoms with Crippen LogP contribution in [0, 0.1) is 6.92 Å². The predicted octanol–water partition coefficient (Wildman–Crippen LogP) is 2.38. The lowest BCUT2D eigenvalue weighted by Gasteiger charge is -2.17. The van der Waals surface area contributed by atoms with E-state index in [1.807, 2.05) is 38.2 Å². The van der Waals surface area contributed by atoms with Crippen LogP contribution >= 0.6 is 0 Å². The van der Waals surface area contributed by atoms with Crippen LogP contribution in [0.2, 0.25) is 0 Å². The van der Waals surface area contributed by atoms with Crippen molar-refractivity contribution in [3.63, 3.8) is 0 Å². The van der Waals surface area contributed by atoms with E-state index in [9.17, 15) is 4.79 Å². The molecule has 0 saturated carbocycles. The second-order valence-electron chi connectivity index (χ2n) is 4.96. The molecule has 20 heavy (non-hydrogen) atoms. The average molecular weight is 279 g/mol. The number of carbonyl (C=O) groups excluding carboxylic acids is 1. The van der Waals surface area contributed by atoms with Gasteiger partial charge in [-0.3, -0.25) is 4.79 Å². The number of aliphatic hydroxyl groups is 1. The van der Waals surface area contributed by atoms with Gasteiger partial charge in [-0.2, -0.15) is 0 Å². The van der Waals surface area contributed by atoms with Crippen molar-refractivity contribution >= 4 is 5.91 Å². The van der Waals surface area contributed by atoms with Gasteiger partial charge in [-0.15, -0.1) is 0 Å². The maximum atomic E-state index is 11.9. The number of rotatable bonds is 9. The van der Waals surface area contributed by atoms with Crippen molar-refractivity contribution in [2.24, 2.45) is 0 Å². The Labute approximate surface area is 121 Å². The quantitative estimate of drug-likeness (QED) is 0.706. The van der Waals surface area contributed by atoms with Crippen LogP contribution in [0.5, 0.6) is 5.75 Å².